The van der Waals surface area contributed by atoms with Crippen molar-refractivity contribution >= 4 is 23.6 Å². The van der Waals surface area contributed by atoms with Crippen molar-refractivity contribution in [3.8, 4) is 0 Å². The predicted octanol–water partition coefficient (Wildman–Crippen LogP) is 0.167. The normalized spacial score (nSPS) is 29.5. The van der Waals surface area contributed by atoms with Gasteiger partial charge in [0.1, 0.15) is 6.54 Å². The van der Waals surface area contributed by atoms with Gasteiger partial charge in [-0.2, -0.15) is 0 Å². The lowest BCUT2D eigenvalue weighted by atomic mass is 9.85. The molecule has 2 bridgehead atoms. The number of hydrogen-bond acceptors (Lipinski definition) is 4. The van der Waals surface area contributed by atoms with Crippen LogP contribution in [0, 0.1) is 23.7 Å². The SMILES string of the molecule is CCN(CC(=O)NC(C)C)C(=O)CN1C(=O)[C@@H]2[C@@H](C1=O)[C@H]1C=C[C@H]2C1. The first-order chi connectivity index (χ1) is 11.8. The molecule has 3 rings (SSSR count). The van der Waals surface area contributed by atoms with Gasteiger partial charge in [-0.05, 0) is 39.0 Å². The van der Waals surface area contributed by atoms with E-state index in [9.17, 15) is 19.2 Å². The van der Waals surface area contributed by atoms with E-state index >= 15 is 0 Å². The molecule has 3 aliphatic rings. The van der Waals surface area contributed by atoms with E-state index < -0.39 is 0 Å². The zero-order valence-corrected chi connectivity index (χ0v) is 14.9. The highest BCUT2D eigenvalue weighted by atomic mass is 16.2. The van der Waals surface area contributed by atoms with Gasteiger partial charge in [-0.1, -0.05) is 12.2 Å². The molecule has 2 aliphatic carbocycles. The molecule has 136 valence electrons. The number of fused-ring (bicyclic) bond motifs is 5. The van der Waals surface area contributed by atoms with Gasteiger partial charge in [-0.25, -0.2) is 0 Å². The maximum absolute atomic E-state index is 12.6. The van der Waals surface area contributed by atoms with Crippen LogP contribution >= 0.6 is 0 Å². The smallest absolute Gasteiger partial charge is 0.243 e. The number of nitrogens with zero attached hydrogens (tertiary/aromatic N) is 2. The summed E-state index contributed by atoms with van der Waals surface area (Å²) in [5.41, 5.74) is 0. The number of likely N-dealkylation sites (N-methyl/N-ethyl adjacent to an activating group) is 1. The molecule has 1 N–H and O–H groups in total. The topological polar surface area (TPSA) is 86.8 Å². The maximum atomic E-state index is 12.6. The number of likely N-dealkylation sites (tertiary alicyclic amines) is 1. The molecule has 7 nitrogen and oxygen atoms in total. The van der Waals surface area contributed by atoms with E-state index in [1.165, 1.54) is 4.90 Å². The van der Waals surface area contributed by atoms with Crippen LogP contribution in [0.4, 0.5) is 0 Å². The molecule has 0 unspecified atom stereocenters. The molecule has 0 aromatic heterocycles. The average molecular weight is 347 g/mol. The molecular weight excluding hydrogens is 322 g/mol. The monoisotopic (exact) mass is 347 g/mol. The Bertz CT molecular complexity index is 612. The van der Waals surface area contributed by atoms with E-state index in [0.29, 0.717) is 6.54 Å². The Hall–Kier alpha value is -2.18. The Kier molecular flexibility index (Phi) is 4.67. The lowest BCUT2D eigenvalue weighted by Crippen LogP contribution is -2.47. The van der Waals surface area contributed by atoms with E-state index in [-0.39, 0.29) is 66.4 Å². The second kappa shape index (κ2) is 6.61. The third-order valence-electron chi connectivity index (χ3n) is 5.37. The number of hydrogen-bond donors (Lipinski definition) is 1. The summed E-state index contributed by atoms with van der Waals surface area (Å²) in [7, 11) is 0. The zero-order chi connectivity index (χ0) is 18.3. The van der Waals surface area contributed by atoms with Crippen LogP contribution in [0.3, 0.4) is 0 Å². The standard InChI is InChI=1S/C18H25N3O4/c1-4-20(8-13(22)19-10(2)3)14(23)9-21-17(24)15-11-5-6-12(7-11)16(15)18(21)25/h5-6,10-12,15-16H,4,7-9H2,1-3H3,(H,19,22)/t11-,12-,15-,16-/m0/s1. The third-order valence-corrected chi connectivity index (χ3v) is 5.37. The van der Waals surface area contributed by atoms with Crippen LogP contribution in [-0.2, 0) is 19.2 Å². The highest BCUT2D eigenvalue weighted by Crippen LogP contribution is 2.52. The van der Waals surface area contributed by atoms with Crippen LogP contribution < -0.4 is 5.32 Å². The van der Waals surface area contributed by atoms with Crippen LogP contribution in [0.25, 0.3) is 0 Å². The van der Waals surface area contributed by atoms with Crippen molar-refractivity contribution in [2.45, 2.75) is 33.2 Å². The molecule has 7 heteroatoms. The molecule has 0 radical (unpaired) electrons. The Morgan fingerprint density at radius 1 is 1.20 bits per heavy atom. The van der Waals surface area contributed by atoms with Crippen molar-refractivity contribution < 1.29 is 19.2 Å². The predicted molar refractivity (Wildman–Crippen MR) is 90.0 cm³/mol. The summed E-state index contributed by atoms with van der Waals surface area (Å²) < 4.78 is 0. The van der Waals surface area contributed by atoms with Crippen molar-refractivity contribution in [3.63, 3.8) is 0 Å². The van der Waals surface area contributed by atoms with Crippen molar-refractivity contribution in [2.24, 2.45) is 23.7 Å². The first kappa shape index (κ1) is 17.6. The molecule has 1 heterocycles. The van der Waals surface area contributed by atoms with Gasteiger partial charge in [0.2, 0.25) is 23.6 Å². The van der Waals surface area contributed by atoms with E-state index in [0.717, 1.165) is 11.3 Å². The number of allylic oxidation sites excluding steroid dienone is 2. The maximum Gasteiger partial charge on any atom is 0.243 e. The van der Waals surface area contributed by atoms with Gasteiger partial charge in [0, 0.05) is 12.6 Å². The summed E-state index contributed by atoms with van der Waals surface area (Å²) in [5, 5.41) is 2.74. The first-order valence-electron chi connectivity index (χ1n) is 8.94. The van der Waals surface area contributed by atoms with Crippen LogP contribution in [0.5, 0.6) is 0 Å². The highest BCUT2D eigenvalue weighted by molar-refractivity contribution is 6.08. The fourth-order valence-corrected chi connectivity index (χ4v) is 4.27. The highest BCUT2D eigenvalue weighted by Gasteiger charge is 2.59. The quantitative estimate of drug-likeness (QED) is 0.548. The number of nitrogens with one attached hydrogen (secondary N) is 1. The lowest BCUT2D eigenvalue weighted by Gasteiger charge is -2.24. The number of amides is 4. The van der Waals surface area contributed by atoms with Crippen molar-refractivity contribution in [1.29, 1.82) is 0 Å². The van der Waals surface area contributed by atoms with Crippen LogP contribution in [0.15, 0.2) is 12.2 Å². The fourth-order valence-electron chi connectivity index (χ4n) is 4.27. The molecule has 25 heavy (non-hydrogen) atoms. The summed E-state index contributed by atoms with van der Waals surface area (Å²) in [6.45, 7) is 5.47. The summed E-state index contributed by atoms with van der Waals surface area (Å²) in [4.78, 5) is 52.1. The van der Waals surface area contributed by atoms with Gasteiger partial charge >= 0.3 is 0 Å². The van der Waals surface area contributed by atoms with E-state index in [2.05, 4.69) is 5.32 Å². The number of rotatable bonds is 6. The van der Waals surface area contributed by atoms with Gasteiger partial charge < -0.3 is 10.2 Å². The molecule has 2 fully saturated rings. The molecule has 0 aromatic rings. The molecule has 1 aliphatic heterocycles. The summed E-state index contributed by atoms with van der Waals surface area (Å²) in [6.07, 6.45) is 4.92. The second-order valence-corrected chi connectivity index (χ2v) is 7.39. The van der Waals surface area contributed by atoms with Crippen LogP contribution in [-0.4, -0.2) is 59.1 Å². The molecule has 0 spiro atoms. The van der Waals surface area contributed by atoms with Crippen molar-refractivity contribution in [1.82, 2.24) is 15.1 Å². The number of carbonyl (C=O) groups excluding carboxylic acids is 4. The Labute approximate surface area is 147 Å². The molecule has 0 aromatic carbocycles. The third kappa shape index (κ3) is 3.07. The molecule has 4 amide bonds. The van der Waals surface area contributed by atoms with Crippen molar-refractivity contribution in [3.05, 3.63) is 12.2 Å². The lowest BCUT2D eigenvalue weighted by molar-refractivity contribution is -0.147. The van der Waals surface area contributed by atoms with E-state index in [1.807, 2.05) is 26.0 Å². The van der Waals surface area contributed by atoms with E-state index in [4.69, 9.17) is 0 Å². The summed E-state index contributed by atoms with van der Waals surface area (Å²) in [5.74, 6) is -1.42. The second-order valence-electron chi connectivity index (χ2n) is 7.39. The fraction of sp³-hybridized carbons (Fsp3) is 0.667. The molecule has 1 saturated heterocycles. The van der Waals surface area contributed by atoms with Gasteiger partial charge in [0.05, 0.1) is 18.4 Å². The number of carbonyl (C=O) groups is 4. The molecule has 1 saturated carbocycles. The first-order valence-corrected chi connectivity index (χ1v) is 8.94. The van der Waals surface area contributed by atoms with E-state index in [1.54, 1.807) is 6.92 Å². The molecular formula is C18H25N3O4. The minimum Gasteiger partial charge on any atom is -0.352 e. The van der Waals surface area contributed by atoms with Crippen LogP contribution in [0.1, 0.15) is 27.2 Å². The van der Waals surface area contributed by atoms with Gasteiger partial charge in [0.15, 0.2) is 0 Å². The van der Waals surface area contributed by atoms with Gasteiger partial charge in [-0.15, -0.1) is 0 Å². The van der Waals surface area contributed by atoms with Gasteiger partial charge in [-0.3, -0.25) is 24.1 Å². The van der Waals surface area contributed by atoms with Gasteiger partial charge in [0.25, 0.3) is 0 Å². The largest absolute Gasteiger partial charge is 0.352 e. The summed E-state index contributed by atoms with van der Waals surface area (Å²) in [6, 6.07) is -0.00889. The number of imide groups is 1. The Morgan fingerprint density at radius 2 is 1.76 bits per heavy atom. The Balaban J connectivity index is 1.63. The Morgan fingerprint density at radius 3 is 2.24 bits per heavy atom. The molecule has 4 atom stereocenters. The van der Waals surface area contributed by atoms with Crippen LogP contribution in [0.2, 0.25) is 0 Å². The minimum atomic E-state index is -0.372. The summed E-state index contributed by atoms with van der Waals surface area (Å²) >= 11 is 0. The average Bonchev–Trinajstić information content (AvgIpc) is 3.21. The zero-order valence-electron chi connectivity index (χ0n) is 14.9. The minimum absolute atomic E-state index is 0.00889. The van der Waals surface area contributed by atoms with Crippen molar-refractivity contribution in [2.75, 3.05) is 19.6 Å².